The van der Waals surface area contributed by atoms with Gasteiger partial charge in [-0.15, -0.1) is 0 Å². The van der Waals surface area contributed by atoms with Gasteiger partial charge in [0.1, 0.15) is 17.3 Å². The lowest BCUT2D eigenvalue weighted by atomic mass is 9.47. The van der Waals surface area contributed by atoms with Crippen molar-refractivity contribution >= 4 is 16.9 Å². The van der Waals surface area contributed by atoms with E-state index in [-0.39, 0.29) is 17.1 Å². The van der Waals surface area contributed by atoms with Crippen molar-refractivity contribution in [2.75, 3.05) is 0 Å². The van der Waals surface area contributed by atoms with Crippen LogP contribution < -0.4 is 5.63 Å². The van der Waals surface area contributed by atoms with E-state index in [1.54, 1.807) is 12.1 Å². The quantitative estimate of drug-likeness (QED) is 0.193. The van der Waals surface area contributed by atoms with Crippen molar-refractivity contribution in [3.05, 3.63) is 58.0 Å². The van der Waals surface area contributed by atoms with Crippen LogP contribution in [-0.4, -0.2) is 12.1 Å². The molecule has 1 heterocycles. The number of rotatable bonds is 7. The van der Waals surface area contributed by atoms with Crippen molar-refractivity contribution in [2.24, 2.45) is 46.3 Å². The Labute approximate surface area is 246 Å². The van der Waals surface area contributed by atoms with Crippen LogP contribution in [0, 0.1) is 46.3 Å². The van der Waals surface area contributed by atoms with Gasteiger partial charge in [0.2, 0.25) is 0 Å². The van der Waals surface area contributed by atoms with Crippen LogP contribution in [-0.2, 0) is 4.74 Å². The van der Waals surface area contributed by atoms with Crippen LogP contribution in [0.3, 0.4) is 0 Å². The number of allylic oxidation sites excluding steroid dienone is 1. The second-order valence-corrected chi connectivity index (χ2v) is 15.0. The van der Waals surface area contributed by atoms with E-state index in [9.17, 15) is 9.59 Å². The van der Waals surface area contributed by atoms with E-state index < -0.39 is 11.6 Å². The molecule has 4 nitrogen and oxygen atoms in total. The molecule has 1 aromatic carbocycles. The molecule has 6 unspecified atom stereocenters. The molecule has 0 spiro atoms. The molecule has 41 heavy (non-hydrogen) atoms. The molecule has 4 aliphatic carbocycles. The molecule has 4 aliphatic rings. The van der Waals surface area contributed by atoms with Gasteiger partial charge >= 0.3 is 11.6 Å². The van der Waals surface area contributed by atoms with Gasteiger partial charge in [-0.3, -0.25) is 0 Å². The largest absolute Gasteiger partial charge is 0.458 e. The van der Waals surface area contributed by atoms with Gasteiger partial charge in [0.15, 0.2) is 0 Å². The van der Waals surface area contributed by atoms with Gasteiger partial charge in [-0.1, -0.05) is 83.7 Å². The highest BCUT2D eigenvalue weighted by Crippen LogP contribution is 2.67. The maximum atomic E-state index is 13.1. The summed E-state index contributed by atoms with van der Waals surface area (Å²) in [5, 5.41) is 0.736. The lowest BCUT2D eigenvalue weighted by molar-refractivity contribution is -0.0595. The second-order valence-electron chi connectivity index (χ2n) is 15.0. The van der Waals surface area contributed by atoms with Crippen molar-refractivity contribution in [1.29, 1.82) is 0 Å². The lowest BCUT2D eigenvalue weighted by Gasteiger charge is -2.58. The van der Waals surface area contributed by atoms with Gasteiger partial charge in [-0.25, -0.2) is 9.59 Å². The molecule has 222 valence electrons. The summed E-state index contributed by atoms with van der Waals surface area (Å²) in [4.78, 5) is 25.6. The molecule has 8 atom stereocenters. The lowest BCUT2D eigenvalue weighted by Crippen LogP contribution is -2.51. The summed E-state index contributed by atoms with van der Waals surface area (Å²) in [6.45, 7) is 12.4. The molecule has 2 aromatic rings. The van der Waals surface area contributed by atoms with Gasteiger partial charge in [0, 0.05) is 11.8 Å². The zero-order valence-corrected chi connectivity index (χ0v) is 25.9. The molecule has 3 saturated carbocycles. The van der Waals surface area contributed by atoms with Crippen LogP contribution in [0.5, 0.6) is 0 Å². The van der Waals surface area contributed by atoms with Gasteiger partial charge in [-0.05, 0) is 103 Å². The third kappa shape index (κ3) is 5.12. The number of carbonyl (C=O) groups is 1. The molecule has 0 saturated heterocycles. The molecule has 0 N–H and O–H groups in total. The molecule has 0 aliphatic heterocycles. The van der Waals surface area contributed by atoms with E-state index in [4.69, 9.17) is 9.15 Å². The average Bonchev–Trinajstić information content (AvgIpc) is 3.30. The number of carbonyl (C=O) groups excluding carboxylic acids is 1. The maximum absolute atomic E-state index is 13.1. The second kappa shape index (κ2) is 11.0. The fraction of sp³-hybridized carbons (Fsp3) is 0.676. The molecular weight excluding hydrogens is 508 g/mol. The van der Waals surface area contributed by atoms with Crippen molar-refractivity contribution in [3.63, 3.8) is 0 Å². The summed E-state index contributed by atoms with van der Waals surface area (Å²) in [6.07, 6.45) is 15.9. The standard InChI is InChI=1S/C37H50O4/c1-23(2)9-8-10-24(3)30-15-16-31-28-14-13-26-22-27(17-19-36(26,4)32(28)18-20-37(30,31)5)40-34(38)29-21-25-11-6-7-12-33(25)41-35(29)39/h6-7,11-13,21,23-24,27-28,30-32H,8-10,14-20,22H2,1-5H3/t24?,27?,28?,30?,31?,32?,36-,37+/m0/s1. The Balaban J connectivity index is 1.13. The van der Waals surface area contributed by atoms with E-state index in [1.165, 1.54) is 56.9 Å². The average molecular weight is 559 g/mol. The normalized spacial score (nSPS) is 35.4. The van der Waals surface area contributed by atoms with E-state index in [1.807, 2.05) is 18.2 Å². The SMILES string of the molecule is CC(C)CCCC(C)C1CCC2C3CC=C4CC(OC(=O)c5cc6ccccc6oc5=O)CC[C@]4(C)C3CC[C@]12C. The highest BCUT2D eigenvalue weighted by Gasteiger charge is 2.59. The molecular formula is C37H50O4. The molecule has 0 bridgehead atoms. The van der Waals surface area contributed by atoms with Crippen LogP contribution in [0.2, 0.25) is 0 Å². The highest BCUT2D eigenvalue weighted by molar-refractivity contribution is 5.92. The number of para-hydroxylation sites is 1. The first-order valence-corrected chi connectivity index (χ1v) is 16.5. The Morgan fingerprint density at radius 1 is 1.02 bits per heavy atom. The molecule has 3 fully saturated rings. The van der Waals surface area contributed by atoms with Crippen LogP contribution in [0.15, 0.2) is 51.2 Å². The van der Waals surface area contributed by atoms with E-state index in [0.717, 1.165) is 60.2 Å². The van der Waals surface area contributed by atoms with Gasteiger partial charge in [0.25, 0.3) is 0 Å². The van der Waals surface area contributed by atoms with Gasteiger partial charge in [-0.2, -0.15) is 0 Å². The third-order valence-electron chi connectivity index (χ3n) is 12.4. The van der Waals surface area contributed by atoms with Crippen molar-refractivity contribution in [3.8, 4) is 0 Å². The first-order valence-electron chi connectivity index (χ1n) is 16.5. The first-order chi connectivity index (χ1) is 19.6. The van der Waals surface area contributed by atoms with E-state index in [2.05, 4.69) is 40.7 Å². The molecule has 0 amide bonds. The summed E-state index contributed by atoms with van der Waals surface area (Å²) < 4.78 is 11.4. The van der Waals surface area contributed by atoms with E-state index >= 15 is 0 Å². The summed E-state index contributed by atoms with van der Waals surface area (Å²) in [7, 11) is 0. The fourth-order valence-electron chi connectivity index (χ4n) is 10.2. The summed E-state index contributed by atoms with van der Waals surface area (Å²) in [5.41, 5.74) is 2.05. The van der Waals surface area contributed by atoms with Crippen LogP contribution in [0.4, 0.5) is 0 Å². The molecule has 1 aromatic heterocycles. The molecule has 0 radical (unpaired) electrons. The van der Waals surface area contributed by atoms with Crippen LogP contribution in [0.1, 0.15) is 116 Å². The Morgan fingerprint density at radius 3 is 2.63 bits per heavy atom. The fourth-order valence-corrected chi connectivity index (χ4v) is 10.2. The monoisotopic (exact) mass is 558 g/mol. The number of hydrogen-bond donors (Lipinski definition) is 0. The molecule has 4 heteroatoms. The van der Waals surface area contributed by atoms with Crippen molar-refractivity contribution < 1.29 is 13.9 Å². The maximum Gasteiger partial charge on any atom is 0.351 e. The van der Waals surface area contributed by atoms with E-state index in [0.29, 0.717) is 11.0 Å². The predicted octanol–water partition coefficient (Wildman–Crippen LogP) is 9.36. The first kappa shape index (κ1) is 28.7. The number of ether oxygens (including phenoxy) is 1. The zero-order valence-electron chi connectivity index (χ0n) is 25.9. The Kier molecular flexibility index (Phi) is 7.74. The minimum atomic E-state index is -0.622. The third-order valence-corrected chi connectivity index (χ3v) is 12.4. The predicted molar refractivity (Wildman–Crippen MR) is 165 cm³/mol. The summed E-state index contributed by atoms with van der Waals surface area (Å²) >= 11 is 0. The minimum Gasteiger partial charge on any atom is -0.458 e. The summed E-state index contributed by atoms with van der Waals surface area (Å²) in [5.74, 6) is 4.33. The van der Waals surface area contributed by atoms with Crippen LogP contribution >= 0.6 is 0 Å². The Hall–Kier alpha value is -2.36. The van der Waals surface area contributed by atoms with Gasteiger partial charge in [0.05, 0.1) is 0 Å². The number of benzene rings is 1. The smallest absolute Gasteiger partial charge is 0.351 e. The van der Waals surface area contributed by atoms with Gasteiger partial charge < -0.3 is 9.15 Å². The van der Waals surface area contributed by atoms with Crippen LogP contribution in [0.25, 0.3) is 11.0 Å². The zero-order chi connectivity index (χ0) is 28.9. The van der Waals surface area contributed by atoms with Crippen molar-refractivity contribution in [2.45, 2.75) is 111 Å². The number of esters is 1. The topological polar surface area (TPSA) is 56.5 Å². The molecule has 6 rings (SSSR count). The Morgan fingerprint density at radius 2 is 1.83 bits per heavy atom. The minimum absolute atomic E-state index is 0.00416. The van der Waals surface area contributed by atoms with Crippen molar-refractivity contribution in [1.82, 2.24) is 0 Å². The number of hydrogen-bond acceptors (Lipinski definition) is 4. The summed E-state index contributed by atoms with van der Waals surface area (Å²) in [6, 6.07) is 8.89. The Bertz CT molecular complexity index is 1370. The highest BCUT2D eigenvalue weighted by atomic mass is 16.5. The number of fused-ring (bicyclic) bond motifs is 6.